The summed E-state index contributed by atoms with van der Waals surface area (Å²) in [6.45, 7) is 10.7. The second-order valence-corrected chi connectivity index (χ2v) is 15.5. The van der Waals surface area contributed by atoms with Crippen molar-refractivity contribution in [3.63, 3.8) is 0 Å². The van der Waals surface area contributed by atoms with Crippen molar-refractivity contribution in [3.8, 4) is 0 Å². The summed E-state index contributed by atoms with van der Waals surface area (Å²) < 4.78 is 0. The Morgan fingerprint density at radius 3 is 2.20 bits per heavy atom. The van der Waals surface area contributed by atoms with Crippen LogP contribution < -0.4 is 31.9 Å². The number of carbonyl (C=O) groups is 6. The van der Waals surface area contributed by atoms with Crippen LogP contribution in [0.15, 0.2) is 0 Å². The molecule has 2 aliphatic carbocycles. The van der Waals surface area contributed by atoms with Gasteiger partial charge in [-0.2, -0.15) is 0 Å². The van der Waals surface area contributed by atoms with Crippen molar-refractivity contribution in [1.29, 1.82) is 0 Å². The van der Waals surface area contributed by atoms with Crippen LogP contribution in [0, 0.1) is 17.3 Å². The number of aldehydes is 1. The fourth-order valence-corrected chi connectivity index (χ4v) is 7.43. The smallest absolute Gasteiger partial charge is 0.315 e. The van der Waals surface area contributed by atoms with Gasteiger partial charge in [-0.15, -0.1) is 0 Å². The molecule has 4 fully saturated rings. The predicted octanol–water partition coefficient (Wildman–Crippen LogP) is 1.49. The molecular formula is C36H63N7O7. The Bertz CT molecular complexity index is 1170. The average Bonchev–Trinajstić information content (AvgIpc) is 3.63. The van der Waals surface area contributed by atoms with Gasteiger partial charge in [-0.05, 0) is 69.2 Å². The molecule has 7 atom stereocenters. The number of amides is 5. The summed E-state index contributed by atoms with van der Waals surface area (Å²) in [5.74, 6) is -1.30. The highest BCUT2D eigenvalue weighted by atomic mass is 16.3. The van der Waals surface area contributed by atoms with E-state index in [-0.39, 0.29) is 47.8 Å². The molecule has 4 aliphatic rings. The Balaban J connectivity index is 0.000000740. The third-order valence-corrected chi connectivity index (χ3v) is 10.3. The highest BCUT2D eigenvalue weighted by Gasteiger charge is 2.47. The van der Waals surface area contributed by atoms with Gasteiger partial charge in [0.1, 0.15) is 24.6 Å². The molecule has 14 heteroatoms. The van der Waals surface area contributed by atoms with Crippen molar-refractivity contribution in [3.05, 3.63) is 0 Å². The lowest BCUT2D eigenvalue weighted by atomic mass is 9.82. The molecule has 284 valence electrons. The number of hydrogen-bond acceptors (Lipinski definition) is 9. The summed E-state index contributed by atoms with van der Waals surface area (Å²) in [4.78, 5) is 75.3. The number of carbonyl (C=O) groups excluding carboxylic acids is 6. The first kappa shape index (κ1) is 41.3. The number of nitrogens with one attached hydrogen (secondary N) is 6. The fraction of sp³-hybridized carbons (Fsp3) is 0.833. The summed E-state index contributed by atoms with van der Waals surface area (Å²) in [5, 5.41) is 28.5. The van der Waals surface area contributed by atoms with Gasteiger partial charge in [0.25, 0.3) is 5.91 Å². The van der Waals surface area contributed by atoms with Crippen LogP contribution in [0.2, 0.25) is 0 Å². The number of aliphatic hydroxyl groups excluding tert-OH is 1. The molecule has 4 rings (SSSR count). The first-order valence-corrected chi connectivity index (χ1v) is 18.8. The van der Waals surface area contributed by atoms with Crippen molar-refractivity contribution < 1.29 is 33.9 Å². The number of likely N-dealkylation sites (N-methyl/N-ethyl adjacent to an activating group) is 1. The van der Waals surface area contributed by atoms with Gasteiger partial charge in [-0.25, -0.2) is 4.79 Å². The summed E-state index contributed by atoms with van der Waals surface area (Å²) >= 11 is 0. The molecule has 5 amide bonds. The highest BCUT2D eigenvalue weighted by molar-refractivity contribution is 6.38. The first-order chi connectivity index (χ1) is 23.7. The maximum atomic E-state index is 14.3. The third-order valence-electron chi connectivity index (χ3n) is 10.3. The van der Waals surface area contributed by atoms with E-state index in [1.807, 2.05) is 27.7 Å². The van der Waals surface area contributed by atoms with Crippen molar-refractivity contribution in [2.75, 3.05) is 20.1 Å². The quantitative estimate of drug-likeness (QED) is 0.0707. The number of urea groups is 1. The molecule has 2 saturated heterocycles. The van der Waals surface area contributed by atoms with Crippen LogP contribution in [-0.2, 0) is 24.0 Å². The van der Waals surface area contributed by atoms with Gasteiger partial charge in [0, 0.05) is 19.1 Å². The Labute approximate surface area is 297 Å². The van der Waals surface area contributed by atoms with Crippen LogP contribution in [0.5, 0.6) is 0 Å². The van der Waals surface area contributed by atoms with E-state index in [9.17, 15) is 33.9 Å². The Morgan fingerprint density at radius 2 is 1.70 bits per heavy atom. The van der Waals surface area contributed by atoms with E-state index in [1.54, 1.807) is 11.9 Å². The van der Waals surface area contributed by atoms with Crippen molar-refractivity contribution in [1.82, 2.24) is 36.8 Å². The van der Waals surface area contributed by atoms with Gasteiger partial charge in [0.05, 0.1) is 18.1 Å². The molecule has 2 aliphatic heterocycles. The highest BCUT2D eigenvalue weighted by Crippen LogP contribution is 2.34. The van der Waals surface area contributed by atoms with E-state index < -0.39 is 41.5 Å². The zero-order valence-electron chi connectivity index (χ0n) is 31.0. The number of nitrogens with zero attached hydrogens (tertiary/aromatic N) is 1. The normalized spacial score (nSPS) is 24.8. The number of hydrogen-bond donors (Lipinski definition) is 7. The number of aliphatic hydroxyl groups is 1. The van der Waals surface area contributed by atoms with E-state index in [0.717, 1.165) is 57.8 Å². The summed E-state index contributed by atoms with van der Waals surface area (Å²) in [6.07, 6.45) is 10.2. The molecule has 0 spiro atoms. The number of rotatable bonds is 16. The fourth-order valence-electron chi connectivity index (χ4n) is 7.43. The van der Waals surface area contributed by atoms with Crippen molar-refractivity contribution in [2.45, 2.75) is 154 Å². The molecule has 0 radical (unpaired) electrons. The van der Waals surface area contributed by atoms with Gasteiger partial charge >= 0.3 is 6.03 Å². The second-order valence-electron chi connectivity index (χ2n) is 15.5. The van der Waals surface area contributed by atoms with Crippen LogP contribution >= 0.6 is 0 Å². The maximum Gasteiger partial charge on any atom is 0.315 e. The molecule has 0 bridgehead atoms. The van der Waals surface area contributed by atoms with Crippen LogP contribution in [-0.4, -0.2) is 108 Å². The van der Waals surface area contributed by atoms with Gasteiger partial charge < -0.3 is 41.4 Å². The molecule has 0 aromatic rings. The largest absolute Gasteiger partial charge is 0.376 e. The third kappa shape index (κ3) is 11.7. The van der Waals surface area contributed by atoms with E-state index >= 15 is 0 Å². The topological polar surface area (TPSA) is 198 Å². The van der Waals surface area contributed by atoms with E-state index in [0.29, 0.717) is 32.2 Å². The van der Waals surface area contributed by atoms with Crippen LogP contribution in [0.4, 0.5) is 4.79 Å². The molecule has 6 unspecified atom stereocenters. The van der Waals surface area contributed by atoms with Crippen molar-refractivity contribution in [2.24, 2.45) is 17.3 Å². The number of ketones is 1. The zero-order chi connectivity index (χ0) is 37.0. The predicted molar refractivity (Wildman–Crippen MR) is 190 cm³/mol. The van der Waals surface area contributed by atoms with Crippen LogP contribution in [0.25, 0.3) is 0 Å². The zero-order valence-corrected chi connectivity index (χ0v) is 31.0. The van der Waals surface area contributed by atoms with Crippen molar-refractivity contribution >= 4 is 35.8 Å². The minimum Gasteiger partial charge on any atom is -0.376 e. The molecule has 14 nitrogen and oxygen atoms in total. The van der Waals surface area contributed by atoms with Gasteiger partial charge in [-0.1, -0.05) is 66.7 Å². The second kappa shape index (κ2) is 19.5. The first-order valence-electron chi connectivity index (χ1n) is 18.8. The Kier molecular flexibility index (Phi) is 16.1. The van der Waals surface area contributed by atoms with Gasteiger partial charge in [0.2, 0.25) is 17.6 Å². The monoisotopic (exact) mass is 705 g/mol. The molecule has 0 aromatic heterocycles. The molecule has 0 aromatic carbocycles. The Hall–Kier alpha value is -3.10. The lowest BCUT2D eigenvalue weighted by Gasteiger charge is -2.40. The number of likely N-dealkylation sites (tertiary alicyclic amines) is 1. The molecule has 7 N–H and O–H groups in total. The molecule has 2 heterocycles. The lowest BCUT2D eigenvalue weighted by Crippen LogP contribution is -2.62. The average molecular weight is 706 g/mol. The van der Waals surface area contributed by atoms with E-state index in [4.69, 9.17) is 0 Å². The summed E-state index contributed by atoms with van der Waals surface area (Å²) in [6, 6.07) is -3.07. The number of Topliss-reactive ketones (excluding diaryl/α,β-unsaturated/α-hetero) is 1. The van der Waals surface area contributed by atoms with Crippen LogP contribution in [0.3, 0.4) is 0 Å². The lowest BCUT2D eigenvalue weighted by molar-refractivity contribution is -0.144. The van der Waals surface area contributed by atoms with E-state index in [1.165, 1.54) is 6.42 Å². The van der Waals surface area contributed by atoms with Gasteiger partial charge in [-0.3, -0.25) is 24.5 Å². The minimum absolute atomic E-state index is 0.0303. The van der Waals surface area contributed by atoms with E-state index in [2.05, 4.69) is 38.8 Å². The van der Waals surface area contributed by atoms with Crippen LogP contribution in [0.1, 0.15) is 112 Å². The molecule has 50 heavy (non-hydrogen) atoms. The SMILES string of the molecule is CCCC(NC(O)C1[C@@H](CCC)CCN1C(=O)C(NC(=O)C(NC)C1CCCCC1)C(C)(C)C)C(=O)C(=O)NC1CC1.O=CC1CNC(=O)N1. The standard InChI is InChI=1S/C32H57N5O5.C4H6N2O2/c1-7-12-21-18-19-37(25(21)29(40)35-23(13-8-2)26(38)30(41)34-22-16-17-22)31(42)27(32(3,4)5)36-28(39)24(33-6)20-14-10-9-11-15-20;7-2-3-1-5-4(8)6-3/h20-25,27,29,33,35,40H,7-19H2,1-6H3,(H,34,41)(H,36,39);2-3H,1H2,(H2,5,6,8)/t21-,23?,24?,25?,27?,29?;/m0./s1. The van der Waals surface area contributed by atoms with Gasteiger partial charge in [0.15, 0.2) is 0 Å². The molecule has 2 saturated carbocycles. The minimum atomic E-state index is -1.19. The maximum absolute atomic E-state index is 14.3. The Morgan fingerprint density at radius 1 is 1.02 bits per heavy atom. The summed E-state index contributed by atoms with van der Waals surface area (Å²) in [7, 11) is 1.81. The summed E-state index contributed by atoms with van der Waals surface area (Å²) in [5.41, 5.74) is -0.564. The molecular weight excluding hydrogens is 642 g/mol.